The van der Waals surface area contributed by atoms with E-state index in [2.05, 4.69) is 0 Å². The number of carbonyl (C=O) groups excluding carboxylic acids is 1. The molecule has 0 spiro atoms. The number of hydrogen-bond acceptors (Lipinski definition) is 4. The normalized spacial score (nSPS) is 18.4. The third kappa shape index (κ3) is 2.15. The molecule has 2 aromatic carbocycles. The van der Waals surface area contributed by atoms with E-state index < -0.39 is 15.0 Å². The highest BCUT2D eigenvalue weighted by Gasteiger charge is 2.41. The van der Waals surface area contributed by atoms with Gasteiger partial charge in [0.15, 0.2) is 0 Å². The second kappa shape index (κ2) is 4.86. The first kappa shape index (κ1) is 13.6. The lowest BCUT2D eigenvalue weighted by Gasteiger charge is -2.04. The first-order chi connectivity index (χ1) is 10.0. The van der Waals surface area contributed by atoms with Gasteiger partial charge in [0.25, 0.3) is 5.12 Å². The lowest BCUT2D eigenvalue weighted by Crippen LogP contribution is -2.09. The standard InChI is InChI=1S/C16H12O4S/c17-13(10-11-6-2-1-3-7-11)15-12-8-4-5-9-14(12)21(19,20)16(15)18/h1-9,17H,10H2/b15-13+. The molecule has 21 heavy (non-hydrogen) atoms. The molecule has 0 radical (unpaired) electrons. The number of sulfone groups is 1. The van der Waals surface area contributed by atoms with Crippen molar-refractivity contribution in [2.75, 3.05) is 0 Å². The summed E-state index contributed by atoms with van der Waals surface area (Å²) in [5.74, 6) is -0.222. The van der Waals surface area contributed by atoms with E-state index in [1.54, 1.807) is 24.3 Å². The molecule has 0 atom stereocenters. The van der Waals surface area contributed by atoms with Crippen molar-refractivity contribution in [2.24, 2.45) is 0 Å². The summed E-state index contributed by atoms with van der Waals surface area (Å²) >= 11 is 0. The maximum atomic E-state index is 12.1. The molecule has 4 nitrogen and oxygen atoms in total. The summed E-state index contributed by atoms with van der Waals surface area (Å²) in [6.45, 7) is 0. The van der Waals surface area contributed by atoms with Crippen LogP contribution in [0.2, 0.25) is 0 Å². The van der Waals surface area contributed by atoms with Crippen molar-refractivity contribution in [3.8, 4) is 0 Å². The molecule has 5 heteroatoms. The molecule has 1 N–H and O–H groups in total. The summed E-state index contributed by atoms with van der Waals surface area (Å²) in [7, 11) is -4.03. The number of aliphatic hydroxyl groups excluding tert-OH is 1. The van der Waals surface area contributed by atoms with Gasteiger partial charge in [-0.3, -0.25) is 4.79 Å². The van der Waals surface area contributed by atoms with Crippen LogP contribution in [0.5, 0.6) is 0 Å². The molecule has 0 amide bonds. The fourth-order valence-corrected chi connectivity index (χ4v) is 3.82. The Morgan fingerprint density at radius 2 is 1.57 bits per heavy atom. The molecular weight excluding hydrogens is 288 g/mol. The summed E-state index contributed by atoms with van der Waals surface area (Å²) in [4.78, 5) is 12.1. The van der Waals surface area contributed by atoms with Gasteiger partial charge in [0, 0.05) is 12.0 Å². The zero-order chi connectivity index (χ0) is 15.0. The summed E-state index contributed by atoms with van der Waals surface area (Å²) in [6, 6.07) is 15.2. The highest BCUT2D eigenvalue weighted by atomic mass is 32.2. The minimum atomic E-state index is -4.03. The Kier molecular flexibility index (Phi) is 3.14. The number of aliphatic hydroxyl groups is 1. The highest BCUT2D eigenvalue weighted by Crippen LogP contribution is 2.37. The molecule has 0 bridgehead atoms. The van der Waals surface area contributed by atoms with E-state index in [1.165, 1.54) is 12.1 Å². The van der Waals surface area contributed by atoms with Crippen molar-refractivity contribution in [3.05, 3.63) is 71.5 Å². The highest BCUT2D eigenvalue weighted by molar-refractivity contribution is 8.08. The zero-order valence-corrected chi connectivity index (χ0v) is 11.8. The molecule has 1 aliphatic rings. The number of benzene rings is 2. The minimum Gasteiger partial charge on any atom is -0.511 e. The average molecular weight is 300 g/mol. The molecule has 0 saturated heterocycles. The van der Waals surface area contributed by atoms with Crippen LogP contribution in [0.1, 0.15) is 11.1 Å². The molecule has 0 saturated carbocycles. The van der Waals surface area contributed by atoms with Gasteiger partial charge in [-0.25, -0.2) is 8.42 Å². The molecule has 1 heterocycles. The Labute approximate surface area is 122 Å². The van der Waals surface area contributed by atoms with Gasteiger partial charge in [0.05, 0.1) is 10.5 Å². The van der Waals surface area contributed by atoms with Crippen molar-refractivity contribution in [2.45, 2.75) is 11.3 Å². The van der Waals surface area contributed by atoms with Gasteiger partial charge < -0.3 is 5.11 Å². The summed E-state index contributed by atoms with van der Waals surface area (Å²) in [5.41, 5.74) is 0.961. The van der Waals surface area contributed by atoms with Crippen LogP contribution in [-0.4, -0.2) is 18.6 Å². The van der Waals surface area contributed by atoms with Crippen LogP contribution >= 0.6 is 0 Å². The maximum Gasteiger partial charge on any atom is 0.285 e. The molecule has 3 rings (SSSR count). The molecule has 0 fully saturated rings. The Morgan fingerprint density at radius 3 is 2.29 bits per heavy atom. The van der Waals surface area contributed by atoms with Gasteiger partial charge >= 0.3 is 0 Å². The van der Waals surface area contributed by atoms with Crippen LogP contribution in [0.4, 0.5) is 0 Å². The fourth-order valence-electron chi connectivity index (χ4n) is 2.40. The van der Waals surface area contributed by atoms with Crippen molar-refractivity contribution < 1.29 is 18.3 Å². The Balaban J connectivity index is 2.14. The van der Waals surface area contributed by atoms with Gasteiger partial charge in [-0.05, 0) is 11.6 Å². The van der Waals surface area contributed by atoms with E-state index in [0.29, 0.717) is 0 Å². The maximum absolute atomic E-state index is 12.1. The van der Waals surface area contributed by atoms with Crippen LogP contribution in [0.15, 0.2) is 65.3 Å². The van der Waals surface area contributed by atoms with E-state index in [-0.39, 0.29) is 28.2 Å². The summed E-state index contributed by atoms with van der Waals surface area (Å²) < 4.78 is 24.1. The molecule has 0 unspecified atom stereocenters. The van der Waals surface area contributed by atoms with Crippen LogP contribution in [0, 0.1) is 0 Å². The van der Waals surface area contributed by atoms with E-state index in [1.807, 2.05) is 18.2 Å². The largest absolute Gasteiger partial charge is 0.511 e. The number of carbonyl (C=O) groups is 1. The Hall–Kier alpha value is -2.40. The van der Waals surface area contributed by atoms with E-state index in [0.717, 1.165) is 5.56 Å². The SMILES string of the molecule is O=C1/C(=C(/O)Cc2ccccc2)c2ccccc2S1(=O)=O. The third-order valence-corrected chi connectivity index (χ3v) is 5.02. The lowest BCUT2D eigenvalue weighted by molar-refractivity contribution is -0.106. The average Bonchev–Trinajstić information content (AvgIpc) is 2.68. The Bertz CT molecular complexity index is 849. The third-order valence-electron chi connectivity index (χ3n) is 3.40. The first-order valence-corrected chi connectivity index (χ1v) is 7.85. The van der Waals surface area contributed by atoms with Gasteiger partial charge in [0.2, 0.25) is 9.84 Å². The predicted octanol–water partition coefficient (Wildman–Crippen LogP) is 2.51. The number of rotatable bonds is 2. The van der Waals surface area contributed by atoms with Crippen LogP contribution in [-0.2, 0) is 21.1 Å². The lowest BCUT2D eigenvalue weighted by atomic mass is 10.0. The van der Waals surface area contributed by atoms with Gasteiger partial charge in [-0.15, -0.1) is 0 Å². The fraction of sp³-hybridized carbons (Fsp3) is 0.0625. The quantitative estimate of drug-likeness (QED) is 0.683. The molecule has 106 valence electrons. The van der Waals surface area contributed by atoms with E-state index in [4.69, 9.17) is 0 Å². The van der Waals surface area contributed by atoms with E-state index in [9.17, 15) is 18.3 Å². The van der Waals surface area contributed by atoms with Crippen molar-refractivity contribution in [1.82, 2.24) is 0 Å². The summed E-state index contributed by atoms with van der Waals surface area (Å²) in [5, 5.41) is 9.22. The summed E-state index contributed by atoms with van der Waals surface area (Å²) in [6.07, 6.45) is 0.117. The van der Waals surface area contributed by atoms with Crippen LogP contribution in [0.3, 0.4) is 0 Å². The topological polar surface area (TPSA) is 71.4 Å². The van der Waals surface area contributed by atoms with Gasteiger partial charge in [-0.1, -0.05) is 48.5 Å². The molecular formula is C16H12O4S. The van der Waals surface area contributed by atoms with Crippen molar-refractivity contribution in [3.63, 3.8) is 0 Å². The van der Waals surface area contributed by atoms with E-state index >= 15 is 0 Å². The number of allylic oxidation sites excluding steroid dienone is 1. The zero-order valence-electron chi connectivity index (χ0n) is 11.0. The minimum absolute atomic E-state index is 0.0374. The second-order valence-corrected chi connectivity index (χ2v) is 6.59. The Morgan fingerprint density at radius 1 is 0.952 bits per heavy atom. The van der Waals surface area contributed by atoms with Crippen molar-refractivity contribution in [1.29, 1.82) is 0 Å². The predicted molar refractivity (Wildman–Crippen MR) is 78.3 cm³/mol. The molecule has 2 aromatic rings. The molecule has 0 aliphatic carbocycles. The molecule has 1 aliphatic heterocycles. The van der Waals surface area contributed by atoms with Crippen LogP contribution in [0.25, 0.3) is 5.57 Å². The number of fused-ring (bicyclic) bond motifs is 1. The first-order valence-electron chi connectivity index (χ1n) is 6.36. The molecule has 0 aromatic heterocycles. The monoisotopic (exact) mass is 300 g/mol. The van der Waals surface area contributed by atoms with Crippen LogP contribution < -0.4 is 0 Å². The van der Waals surface area contributed by atoms with Gasteiger partial charge in [0.1, 0.15) is 5.76 Å². The number of hydrogen-bond donors (Lipinski definition) is 1. The van der Waals surface area contributed by atoms with Gasteiger partial charge in [-0.2, -0.15) is 0 Å². The van der Waals surface area contributed by atoms with Crippen molar-refractivity contribution >= 4 is 20.5 Å². The smallest absolute Gasteiger partial charge is 0.285 e. The second-order valence-electron chi connectivity index (χ2n) is 4.77.